The average molecular weight is 383 g/mol. The van der Waals surface area contributed by atoms with Crippen LogP contribution in [0, 0.1) is 6.92 Å². The van der Waals surface area contributed by atoms with Gasteiger partial charge < -0.3 is 9.47 Å². The number of imidazole rings is 1. The number of aromatic nitrogens is 2. The predicted octanol–water partition coefficient (Wildman–Crippen LogP) is 6.06. The van der Waals surface area contributed by atoms with E-state index in [4.69, 9.17) is 4.11 Å². The van der Waals surface area contributed by atoms with Crippen molar-refractivity contribution in [3.05, 3.63) is 83.4 Å². The van der Waals surface area contributed by atoms with Crippen molar-refractivity contribution in [3.63, 3.8) is 0 Å². The lowest BCUT2D eigenvalue weighted by Gasteiger charge is -2.34. The molecule has 144 valence electrons. The molecule has 0 bridgehead atoms. The Morgan fingerprint density at radius 1 is 1.07 bits per heavy atom. The first-order valence-corrected chi connectivity index (χ1v) is 10.2. The quantitative estimate of drug-likeness (QED) is 0.351. The molecule has 29 heavy (non-hydrogen) atoms. The monoisotopic (exact) mass is 382 g/mol. The maximum atomic E-state index is 8.45. The van der Waals surface area contributed by atoms with Crippen LogP contribution in [0.1, 0.15) is 47.3 Å². The van der Waals surface area contributed by atoms with Crippen LogP contribution in [0.2, 0.25) is 0 Å². The lowest BCUT2D eigenvalue weighted by Crippen LogP contribution is -2.36. The second kappa shape index (κ2) is 5.50. The van der Waals surface area contributed by atoms with E-state index in [-0.39, 0.29) is 6.04 Å². The zero-order valence-corrected chi connectivity index (χ0v) is 16.9. The lowest BCUT2D eigenvalue weighted by atomic mass is 9.81. The smallest absolute Gasteiger partial charge is 0.117 e. The molecular formula is C26H25N3. The van der Waals surface area contributed by atoms with Gasteiger partial charge in [-0.05, 0) is 36.4 Å². The van der Waals surface area contributed by atoms with E-state index in [1.54, 1.807) is 0 Å². The van der Waals surface area contributed by atoms with Crippen LogP contribution >= 0.6 is 0 Å². The largest absolute Gasteiger partial charge is 0.337 e. The van der Waals surface area contributed by atoms with Gasteiger partial charge in [0.2, 0.25) is 0 Å². The van der Waals surface area contributed by atoms with E-state index in [1.807, 2.05) is 37.5 Å². The molecule has 3 nitrogen and oxygen atoms in total. The van der Waals surface area contributed by atoms with Crippen molar-refractivity contribution in [2.75, 3.05) is 4.90 Å². The first-order valence-electron chi connectivity index (χ1n) is 11.7. The third-order valence-electron chi connectivity index (χ3n) is 6.99. The summed E-state index contributed by atoms with van der Waals surface area (Å²) in [6.07, 6.45) is 4.62. The normalized spacial score (nSPS) is 24.0. The topological polar surface area (TPSA) is 21.1 Å². The van der Waals surface area contributed by atoms with E-state index >= 15 is 0 Å². The van der Waals surface area contributed by atoms with Crippen molar-refractivity contribution >= 4 is 22.1 Å². The number of nitrogens with zero attached hydrogens (tertiary/aromatic N) is 3. The molecule has 4 aromatic rings. The number of hydrogen-bond donors (Lipinski definition) is 0. The van der Waals surface area contributed by atoms with Gasteiger partial charge in [-0.3, -0.25) is 0 Å². The highest BCUT2D eigenvalue weighted by molar-refractivity contribution is 6.01. The molecular weight excluding hydrogens is 354 g/mol. The van der Waals surface area contributed by atoms with Gasteiger partial charge in [0.25, 0.3) is 0 Å². The van der Waals surface area contributed by atoms with Gasteiger partial charge in [0, 0.05) is 51.0 Å². The molecule has 3 heteroatoms. The van der Waals surface area contributed by atoms with Gasteiger partial charge in [0.15, 0.2) is 0 Å². The van der Waals surface area contributed by atoms with Crippen LogP contribution in [0.15, 0.2) is 60.9 Å². The van der Waals surface area contributed by atoms with Crippen molar-refractivity contribution in [1.82, 2.24) is 9.55 Å². The maximum absolute atomic E-state index is 8.45. The number of fused-ring (bicyclic) bond motifs is 6. The van der Waals surface area contributed by atoms with E-state index in [2.05, 4.69) is 58.6 Å². The number of benzene rings is 3. The van der Waals surface area contributed by atoms with Crippen molar-refractivity contribution in [2.45, 2.75) is 45.5 Å². The van der Waals surface area contributed by atoms with Crippen LogP contribution in [-0.2, 0) is 11.8 Å². The van der Waals surface area contributed by atoms with Gasteiger partial charge in [-0.1, -0.05) is 56.2 Å². The highest BCUT2D eigenvalue weighted by Crippen LogP contribution is 2.53. The van der Waals surface area contributed by atoms with E-state index in [9.17, 15) is 0 Å². The highest BCUT2D eigenvalue weighted by atomic mass is 15.2. The first-order chi connectivity index (χ1) is 15.2. The van der Waals surface area contributed by atoms with Crippen molar-refractivity contribution in [1.29, 1.82) is 0 Å². The maximum Gasteiger partial charge on any atom is 0.117 e. The van der Waals surface area contributed by atoms with Gasteiger partial charge >= 0.3 is 0 Å². The molecule has 1 aromatic heterocycles. The van der Waals surface area contributed by atoms with Crippen LogP contribution in [0.4, 0.5) is 11.4 Å². The van der Waals surface area contributed by atoms with E-state index in [1.165, 1.54) is 27.6 Å². The van der Waals surface area contributed by atoms with Crippen molar-refractivity contribution in [2.24, 2.45) is 0 Å². The highest BCUT2D eigenvalue weighted by Gasteiger charge is 2.44. The molecule has 2 aliphatic rings. The first kappa shape index (κ1) is 14.0. The van der Waals surface area contributed by atoms with Crippen molar-refractivity contribution < 1.29 is 4.11 Å². The number of anilines is 2. The molecule has 0 amide bonds. The van der Waals surface area contributed by atoms with Gasteiger partial charge in [0.05, 0.1) is 11.4 Å². The summed E-state index contributed by atoms with van der Waals surface area (Å²) >= 11 is 0. The number of aryl methyl sites for hydroxylation is 1. The van der Waals surface area contributed by atoms with E-state index in [0.29, 0.717) is 0 Å². The summed E-state index contributed by atoms with van der Waals surface area (Å²) in [5, 5.41) is 2.40. The summed E-state index contributed by atoms with van der Waals surface area (Å²) in [6.45, 7) is 3.99. The van der Waals surface area contributed by atoms with Crippen LogP contribution in [0.5, 0.6) is 0 Å². The number of rotatable bonds is 1. The summed E-state index contributed by atoms with van der Waals surface area (Å²) in [6, 6.07) is 16.3. The van der Waals surface area contributed by atoms with Gasteiger partial charge in [-0.15, -0.1) is 0 Å². The molecule has 2 atom stereocenters. The Hall–Kier alpha value is -3.07. The Morgan fingerprint density at radius 2 is 1.83 bits per heavy atom. The second-order valence-corrected chi connectivity index (χ2v) is 8.50. The van der Waals surface area contributed by atoms with E-state index < -0.39 is 12.3 Å². The summed E-state index contributed by atoms with van der Waals surface area (Å²) in [4.78, 5) is 6.89. The Morgan fingerprint density at radius 3 is 2.66 bits per heavy atom. The molecule has 2 aliphatic heterocycles. The minimum Gasteiger partial charge on any atom is -0.337 e. The average Bonchev–Trinajstić information content (AvgIpc) is 3.41. The molecule has 6 rings (SSSR count). The summed E-state index contributed by atoms with van der Waals surface area (Å²) < 4.78 is 27.5. The Kier molecular flexibility index (Phi) is 2.66. The standard InChI is InChI=1S/C26H25N3/c1-16-18-9-5-6-10-19(18)25-20(15-23-27-13-14-28(23)25)24(16)29-17(2)26(3,4)21-11-7-8-12-22(21)29/h5-14,17H,15H2,1-4H3/i3D3. The third kappa shape index (κ3) is 2.00. The van der Waals surface area contributed by atoms with Crippen molar-refractivity contribution in [3.8, 4) is 5.69 Å². The minimum atomic E-state index is -2.13. The zero-order valence-electron chi connectivity index (χ0n) is 19.9. The number of hydrogen-bond acceptors (Lipinski definition) is 2. The van der Waals surface area contributed by atoms with Crippen LogP contribution in [0.3, 0.4) is 0 Å². The SMILES string of the molecule is [2H]C([2H])([2H])C1(C)c2ccccc2N(c2c3c(c4ccccc4c2C)-n2ccnc2C3)C1C. The Balaban J connectivity index is 1.71. The molecule has 3 heterocycles. The lowest BCUT2D eigenvalue weighted by molar-refractivity contribution is 0.461. The van der Waals surface area contributed by atoms with E-state index in [0.717, 1.165) is 29.2 Å². The Bertz CT molecular complexity index is 1400. The van der Waals surface area contributed by atoms with Gasteiger partial charge in [0.1, 0.15) is 5.82 Å². The summed E-state index contributed by atoms with van der Waals surface area (Å²) in [7, 11) is 0. The zero-order chi connectivity index (χ0) is 22.4. The van der Waals surface area contributed by atoms with Crippen LogP contribution < -0.4 is 4.90 Å². The molecule has 3 aromatic carbocycles. The van der Waals surface area contributed by atoms with Crippen LogP contribution in [-0.4, -0.2) is 15.6 Å². The fourth-order valence-electron chi connectivity index (χ4n) is 5.37. The van der Waals surface area contributed by atoms with Gasteiger partial charge in [-0.25, -0.2) is 4.98 Å². The summed E-state index contributed by atoms with van der Waals surface area (Å²) in [5.74, 6) is 1.02. The predicted molar refractivity (Wildman–Crippen MR) is 120 cm³/mol. The molecule has 0 spiro atoms. The molecule has 0 saturated heterocycles. The minimum absolute atomic E-state index is 0.232. The van der Waals surface area contributed by atoms with Crippen LogP contribution in [0.25, 0.3) is 16.5 Å². The third-order valence-corrected chi connectivity index (χ3v) is 6.99. The Labute approximate surface area is 175 Å². The van der Waals surface area contributed by atoms with Gasteiger partial charge in [-0.2, -0.15) is 0 Å². The molecule has 0 N–H and O–H groups in total. The number of para-hydroxylation sites is 1. The summed E-state index contributed by atoms with van der Waals surface area (Å²) in [5.41, 5.74) is 5.61. The fourth-order valence-corrected chi connectivity index (χ4v) is 5.37. The molecule has 0 fully saturated rings. The second-order valence-electron chi connectivity index (χ2n) is 8.50. The fraction of sp³-hybridized carbons (Fsp3) is 0.269. The molecule has 0 saturated carbocycles. The molecule has 0 aliphatic carbocycles. The molecule has 0 radical (unpaired) electrons. The molecule has 2 unspecified atom stereocenters.